The largest absolute Gasteiger partial charge is 0.326 e. The second-order valence-corrected chi connectivity index (χ2v) is 3.65. The third-order valence-electron chi connectivity index (χ3n) is 2.17. The summed E-state index contributed by atoms with van der Waals surface area (Å²) in [5.41, 5.74) is 7.30. The van der Waals surface area contributed by atoms with E-state index >= 15 is 0 Å². The number of hydrogen-bond acceptors (Lipinski definition) is 2. The van der Waals surface area contributed by atoms with Crippen LogP contribution < -0.4 is 11.1 Å². The molecule has 1 aromatic carbocycles. The van der Waals surface area contributed by atoms with Crippen LogP contribution in [0.25, 0.3) is 0 Å². The Morgan fingerprint density at radius 1 is 1.29 bits per heavy atom. The Labute approximate surface area is 86.5 Å². The van der Waals surface area contributed by atoms with Crippen molar-refractivity contribution in [3.63, 3.8) is 0 Å². The van der Waals surface area contributed by atoms with E-state index in [2.05, 4.69) is 36.5 Å². The lowest BCUT2D eigenvalue weighted by atomic mass is 10.1. The number of rotatable bonds is 6. The van der Waals surface area contributed by atoms with Crippen LogP contribution in [-0.4, -0.2) is 19.1 Å². The molecule has 0 aliphatic carbocycles. The zero-order chi connectivity index (χ0) is 10.2. The summed E-state index contributed by atoms with van der Waals surface area (Å²) in [6.07, 6.45) is 2.12. The molecule has 0 fully saturated rings. The van der Waals surface area contributed by atoms with Gasteiger partial charge in [-0.3, -0.25) is 0 Å². The highest BCUT2D eigenvalue weighted by Crippen LogP contribution is 2.00. The first-order chi connectivity index (χ1) is 6.83. The van der Waals surface area contributed by atoms with E-state index in [4.69, 9.17) is 5.73 Å². The minimum atomic E-state index is 0.226. The molecule has 78 valence electrons. The van der Waals surface area contributed by atoms with Gasteiger partial charge in [0.2, 0.25) is 0 Å². The van der Waals surface area contributed by atoms with E-state index in [1.807, 2.05) is 6.07 Å². The molecule has 1 rings (SSSR count). The van der Waals surface area contributed by atoms with E-state index < -0.39 is 0 Å². The summed E-state index contributed by atoms with van der Waals surface area (Å²) in [5, 5.41) is 3.33. The third-order valence-corrected chi connectivity index (χ3v) is 2.17. The molecular formula is C12H20N2. The smallest absolute Gasteiger partial charge is 0.0206 e. The molecule has 14 heavy (non-hydrogen) atoms. The highest BCUT2D eigenvalue weighted by molar-refractivity contribution is 5.15. The molecule has 0 aromatic heterocycles. The normalized spacial score (nSPS) is 12.7. The summed E-state index contributed by atoms with van der Waals surface area (Å²) in [7, 11) is 0. The summed E-state index contributed by atoms with van der Waals surface area (Å²) in [5.74, 6) is 0. The fourth-order valence-corrected chi connectivity index (χ4v) is 1.45. The predicted octanol–water partition coefficient (Wildman–Crippen LogP) is 1.56. The summed E-state index contributed by atoms with van der Waals surface area (Å²) in [4.78, 5) is 0. The van der Waals surface area contributed by atoms with Gasteiger partial charge < -0.3 is 11.1 Å². The van der Waals surface area contributed by atoms with Crippen LogP contribution in [0.15, 0.2) is 30.3 Å². The lowest BCUT2D eigenvalue weighted by Crippen LogP contribution is -2.35. The standard InChI is InChI=1S/C12H20N2/c1-2-8-14-10-12(13)9-11-6-4-3-5-7-11/h3-7,12,14H,2,8-10,13H2,1H3/t12-/m0/s1. The maximum absolute atomic E-state index is 5.98. The minimum Gasteiger partial charge on any atom is -0.326 e. The summed E-state index contributed by atoms with van der Waals surface area (Å²) < 4.78 is 0. The predicted molar refractivity (Wildman–Crippen MR) is 61.3 cm³/mol. The molecular weight excluding hydrogens is 172 g/mol. The van der Waals surface area contributed by atoms with E-state index in [9.17, 15) is 0 Å². The van der Waals surface area contributed by atoms with Crippen LogP contribution >= 0.6 is 0 Å². The van der Waals surface area contributed by atoms with Gasteiger partial charge in [-0.05, 0) is 24.9 Å². The summed E-state index contributed by atoms with van der Waals surface area (Å²) in [6.45, 7) is 4.13. The van der Waals surface area contributed by atoms with E-state index in [-0.39, 0.29) is 6.04 Å². The van der Waals surface area contributed by atoms with Gasteiger partial charge in [0.15, 0.2) is 0 Å². The Hall–Kier alpha value is -0.860. The van der Waals surface area contributed by atoms with Gasteiger partial charge in [-0.15, -0.1) is 0 Å². The zero-order valence-corrected chi connectivity index (χ0v) is 8.87. The summed E-state index contributed by atoms with van der Waals surface area (Å²) >= 11 is 0. The molecule has 0 amide bonds. The molecule has 0 aliphatic rings. The van der Waals surface area contributed by atoms with Crippen LogP contribution in [0.4, 0.5) is 0 Å². The molecule has 0 spiro atoms. The van der Waals surface area contributed by atoms with Gasteiger partial charge in [0, 0.05) is 12.6 Å². The Balaban J connectivity index is 2.23. The molecule has 0 saturated heterocycles. The van der Waals surface area contributed by atoms with Crippen LogP contribution in [0, 0.1) is 0 Å². The van der Waals surface area contributed by atoms with E-state index in [0.717, 1.165) is 25.9 Å². The Bertz CT molecular complexity index is 233. The topological polar surface area (TPSA) is 38.0 Å². The summed E-state index contributed by atoms with van der Waals surface area (Å²) in [6, 6.07) is 10.6. The second kappa shape index (κ2) is 6.57. The van der Waals surface area contributed by atoms with Gasteiger partial charge in [0.05, 0.1) is 0 Å². The maximum Gasteiger partial charge on any atom is 0.0206 e. The van der Waals surface area contributed by atoms with Crippen LogP contribution in [0.5, 0.6) is 0 Å². The van der Waals surface area contributed by atoms with Gasteiger partial charge in [-0.25, -0.2) is 0 Å². The molecule has 0 aliphatic heterocycles. The first-order valence-corrected chi connectivity index (χ1v) is 5.33. The molecule has 0 saturated carbocycles. The quantitative estimate of drug-likeness (QED) is 0.671. The van der Waals surface area contributed by atoms with Crippen molar-refractivity contribution in [1.82, 2.24) is 5.32 Å². The highest BCUT2D eigenvalue weighted by atomic mass is 14.9. The average Bonchev–Trinajstić information content (AvgIpc) is 2.20. The Morgan fingerprint density at radius 3 is 2.64 bits per heavy atom. The van der Waals surface area contributed by atoms with Crippen molar-refractivity contribution in [2.75, 3.05) is 13.1 Å². The van der Waals surface area contributed by atoms with E-state index in [1.54, 1.807) is 0 Å². The van der Waals surface area contributed by atoms with Crippen molar-refractivity contribution >= 4 is 0 Å². The molecule has 0 unspecified atom stereocenters. The molecule has 0 heterocycles. The van der Waals surface area contributed by atoms with Crippen molar-refractivity contribution in [3.8, 4) is 0 Å². The van der Waals surface area contributed by atoms with Crippen molar-refractivity contribution < 1.29 is 0 Å². The van der Waals surface area contributed by atoms with Crippen LogP contribution in [0.1, 0.15) is 18.9 Å². The number of hydrogen-bond donors (Lipinski definition) is 2. The van der Waals surface area contributed by atoms with Crippen molar-refractivity contribution in [2.24, 2.45) is 5.73 Å². The van der Waals surface area contributed by atoms with Gasteiger partial charge >= 0.3 is 0 Å². The monoisotopic (exact) mass is 192 g/mol. The van der Waals surface area contributed by atoms with Gasteiger partial charge in [0.25, 0.3) is 0 Å². The fourth-order valence-electron chi connectivity index (χ4n) is 1.45. The van der Waals surface area contributed by atoms with E-state index in [0.29, 0.717) is 0 Å². The van der Waals surface area contributed by atoms with Crippen molar-refractivity contribution in [1.29, 1.82) is 0 Å². The minimum absolute atomic E-state index is 0.226. The van der Waals surface area contributed by atoms with Gasteiger partial charge in [-0.2, -0.15) is 0 Å². The van der Waals surface area contributed by atoms with E-state index in [1.165, 1.54) is 5.56 Å². The fraction of sp³-hybridized carbons (Fsp3) is 0.500. The SMILES string of the molecule is CCCNC[C@@H](N)Cc1ccccc1. The molecule has 1 atom stereocenters. The zero-order valence-electron chi connectivity index (χ0n) is 8.87. The van der Waals surface area contributed by atoms with Crippen molar-refractivity contribution in [3.05, 3.63) is 35.9 Å². The van der Waals surface area contributed by atoms with Crippen LogP contribution in [0.3, 0.4) is 0 Å². The lowest BCUT2D eigenvalue weighted by molar-refractivity contribution is 0.570. The lowest BCUT2D eigenvalue weighted by Gasteiger charge is -2.12. The maximum atomic E-state index is 5.98. The highest BCUT2D eigenvalue weighted by Gasteiger charge is 2.02. The third kappa shape index (κ3) is 4.40. The number of benzene rings is 1. The first kappa shape index (κ1) is 11.2. The second-order valence-electron chi connectivity index (χ2n) is 3.65. The first-order valence-electron chi connectivity index (χ1n) is 5.33. The molecule has 1 aromatic rings. The Morgan fingerprint density at radius 2 is 2.00 bits per heavy atom. The molecule has 2 nitrogen and oxygen atoms in total. The van der Waals surface area contributed by atoms with Gasteiger partial charge in [0.1, 0.15) is 0 Å². The average molecular weight is 192 g/mol. The van der Waals surface area contributed by atoms with Crippen molar-refractivity contribution in [2.45, 2.75) is 25.8 Å². The number of nitrogens with one attached hydrogen (secondary N) is 1. The van der Waals surface area contributed by atoms with Crippen LogP contribution in [-0.2, 0) is 6.42 Å². The number of nitrogens with two attached hydrogens (primary N) is 1. The Kier molecular flexibility index (Phi) is 5.27. The molecule has 3 N–H and O–H groups in total. The van der Waals surface area contributed by atoms with Crippen LogP contribution in [0.2, 0.25) is 0 Å². The van der Waals surface area contributed by atoms with Gasteiger partial charge in [-0.1, -0.05) is 37.3 Å². The molecule has 2 heteroatoms. The molecule has 0 radical (unpaired) electrons. The molecule has 0 bridgehead atoms.